The monoisotopic (exact) mass is 293 g/mol. The Morgan fingerprint density at radius 1 is 1.38 bits per heavy atom. The smallest absolute Gasteiger partial charge is 0.546 e. The Kier molecular flexibility index (Phi) is 7.92. The number of rotatable bonds is 4. The van der Waals surface area contributed by atoms with E-state index in [1.165, 1.54) is 0 Å². The van der Waals surface area contributed by atoms with Gasteiger partial charge in [0.15, 0.2) is 0 Å². The van der Waals surface area contributed by atoms with Crippen LogP contribution in [0.3, 0.4) is 0 Å². The topological polar surface area (TPSA) is 48.2 Å². The largest absolute Gasteiger partial charge is 1.00 e. The van der Waals surface area contributed by atoms with Crippen LogP contribution in [0.4, 0.5) is 17.6 Å². The second kappa shape index (κ2) is 6.11. The van der Waals surface area contributed by atoms with Gasteiger partial charge in [0.05, 0.1) is 6.42 Å². The molecule has 0 N–H and O–H groups in total. The Hall–Kier alpha value is 1.44. The van der Waals surface area contributed by atoms with Crippen molar-refractivity contribution >= 4 is 10.0 Å². The molecular weight excluding hydrogens is 288 g/mol. The third-order valence-corrected chi connectivity index (χ3v) is 2.41. The van der Waals surface area contributed by atoms with Crippen LogP contribution in [0.15, 0.2) is 0 Å². The molecule has 0 fully saturated rings. The molecule has 0 saturated carbocycles. The van der Waals surface area contributed by atoms with Gasteiger partial charge in [-0.3, -0.25) is 0 Å². The summed E-state index contributed by atoms with van der Waals surface area (Å²) in [5.41, 5.74) is 0. The predicted molar refractivity (Wildman–Crippen MR) is 33.8 cm³/mol. The second-order valence-corrected chi connectivity index (χ2v) is 3.80. The van der Waals surface area contributed by atoms with Crippen LogP contribution in [0.1, 0.15) is 6.42 Å². The molecule has 0 aliphatic rings. The molecule has 3 nitrogen and oxygen atoms in total. The molecule has 0 heterocycles. The zero-order valence-corrected chi connectivity index (χ0v) is 12.7. The van der Waals surface area contributed by atoms with E-state index < -0.39 is 28.1 Å². The second-order valence-electron chi connectivity index (χ2n) is 1.89. The van der Waals surface area contributed by atoms with Gasteiger partial charge in [-0.25, -0.2) is 17.2 Å². The van der Waals surface area contributed by atoms with E-state index in [-0.39, 0.29) is 58.2 Å². The summed E-state index contributed by atoms with van der Waals surface area (Å²) in [5, 5.41) is -4.48. The normalized spacial score (nSPS) is 12.8. The first kappa shape index (κ1) is 16.9. The van der Waals surface area contributed by atoms with Crippen LogP contribution in [-0.4, -0.2) is 27.1 Å². The molecular formula is C4H6F4NO2RbS. The van der Waals surface area contributed by atoms with Crippen LogP contribution in [0.25, 0.3) is 4.72 Å². The number of sulfonamides is 1. The molecule has 0 aromatic carbocycles. The maximum absolute atomic E-state index is 12.3. The Labute approximate surface area is 122 Å². The quantitative estimate of drug-likeness (QED) is 0.597. The van der Waals surface area contributed by atoms with Crippen molar-refractivity contribution in [2.45, 2.75) is 18.1 Å². The molecule has 0 radical (unpaired) electrons. The Morgan fingerprint density at radius 3 is 2.00 bits per heavy atom. The summed E-state index contributed by atoms with van der Waals surface area (Å²) >= 11 is 0. The summed E-state index contributed by atoms with van der Waals surface area (Å²) in [6, 6.07) is 0. The van der Waals surface area contributed by atoms with Crippen LogP contribution < -0.4 is 58.2 Å². The van der Waals surface area contributed by atoms with Crippen molar-refractivity contribution in [3.05, 3.63) is 4.72 Å². The first-order valence-electron chi connectivity index (χ1n) is 2.74. The molecule has 13 heavy (non-hydrogen) atoms. The van der Waals surface area contributed by atoms with Crippen molar-refractivity contribution in [2.75, 3.05) is 7.05 Å². The molecule has 0 aromatic heterocycles. The van der Waals surface area contributed by atoms with Gasteiger partial charge in [-0.05, 0) is 0 Å². The fourth-order valence-corrected chi connectivity index (χ4v) is 1.02. The SMILES string of the molecule is C[N-]S(=O)(=O)C(F)(F)CC(F)F.[Rb+]. The molecule has 0 atom stereocenters. The van der Waals surface area contributed by atoms with Crippen LogP contribution in [0.2, 0.25) is 0 Å². The van der Waals surface area contributed by atoms with E-state index in [2.05, 4.69) is 4.72 Å². The summed E-state index contributed by atoms with van der Waals surface area (Å²) in [6.07, 6.45) is -5.40. The number of alkyl halides is 4. The van der Waals surface area contributed by atoms with Crippen molar-refractivity contribution in [1.82, 2.24) is 0 Å². The van der Waals surface area contributed by atoms with E-state index in [1.807, 2.05) is 0 Å². The van der Waals surface area contributed by atoms with Crippen molar-refractivity contribution in [3.8, 4) is 0 Å². The summed E-state index contributed by atoms with van der Waals surface area (Å²) in [4.78, 5) is 0. The molecule has 0 aliphatic carbocycles. The van der Waals surface area contributed by atoms with Crippen molar-refractivity contribution in [1.29, 1.82) is 0 Å². The number of nitrogens with zero attached hydrogens (tertiary/aromatic N) is 1. The predicted octanol–water partition coefficient (Wildman–Crippen LogP) is -1.43. The molecule has 0 rings (SSSR count). The van der Waals surface area contributed by atoms with Gasteiger partial charge in [0, 0.05) is 0 Å². The molecule has 0 bridgehead atoms. The number of halogens is 4. The van der Waals surface area contributed by atoms with Crippen LogP contribution >= 0.6 is 0 Å². The fourth-order valence-electron chi connectivity index (χ4n) is 0.419. The first-order chi connectivity index (χ1) is 5.23. The van der Waals surface area contributed by atoms with Gasteiger partial charge >= 0.3 is 63.4 Å². The maximum Gasteiger partial charge on any atom is 1.00 e. The summed E-state index contributed by atoms with van der Waals surface area (Å²) < 4.78 is 70.4. The van der Waals surface area contributed by atoms with E-state index in [1.54, 1.807) is 0 Å². The molecule has 0 saturated heterocycles. The van der Waals surface area contributed by atoms with E-state index in [4.69, 9.17) is 0 Å². The van der Waals surface area contributed by atoms with E-state index in [0.717, 1.165) is 0 Å². The van der Waals surface area contributed by atoms with E-state index in [0.29, 0.717) is 7.05 Å². The van der Waals surface area contributed by atoms with Crippen molar-refractivity contribution in [3.63, 3.8) is 0 Å². The minimum absolute atomic E-state index is 0. The van der Waals surface area contributed by atoms with Gasteiger partial charge < -0.3 is 4.72 Å². The number of hydrogen-bond acceptors (Lipinski definition) is 2. The molecule has 0 unspecified atom stereocenters. The Balaban J connectivity index is 0. The third kappa shape index (κ3) is 5.17. The van der Waals surface area contributed by atoms with E-state index in [9.17, 15) is 26.0 Å². The average molecular weight is 294 g/mol. The van der Waals surface area contributed by atoms with Crippen LogP contribution in [0, 0.1) is 0 Å². The van der Waals surface area contributed by atoms with Crippen LogP contribution in [0.5, 0.6) is 0 Å². The molecule has 0 aromatic rings. The van der Waals surface area contributed by atoms with Crippen molar-refractivity contribution in [2.24, 2.45) is 0 Å². The van der Waals surface area contributed by atoms with E-state index >= 15 is 0 Å². The van der Waals surface area contributed by atoms with Gasteiger partial charge in [-0.2, -0.15) is 15.8 Å². The van der Waals surface area contributed by atoms with Gasteiger partial charge in [-0.15, -0.1) is 0 Å². The molecule has 9 heteroatoms. The number of hydrogen-bond donors (Lipinski definition) is 0. The summed E-state index contributed by atoms with van der Waals surface area (Å²) in [7, 11) is -4.48. The summed E-state index contributed by atoms with van der Waals surface area (Å²) in [5.74, 6) is 0. The standard InChI is InChI=1S/C4H6F4NO2S.Rb/c1-9-12(10,11)4(7,8)2-3(5)6;/h3H,2H2,1H3;/q-1;+1. The Morgan fingerprint density at radius 2 is 1.77 bits per heavy atom. The maximum atomic E-state index is 12.3. The van der Waals surface area contributed by atoms with Gasteiger partial charge in [-0.1, -0.05) is 0 Å². The fraction of sp³-hybridized carbons (Fsp3) is 1.00. The third-order valence-electron chi connectivity index (χ3n) is 1.01. The zero-order valence-electron chi connectivity index (χ0n) is 6.97. The molecule has 0 amide bonds. The van der Waals surface area contributed by atoms with Gasteiger partial charge in [0.1, 0.15) is 10.0 Å². The Bertz CT molecular complexity index is 243. The zero-order chi connectivity index (χ0) is 9.99. The molecule has 74 valence electrons. The van der Waals surface area contributed by atoms with Gasteiger partial charge in [0.25, 0.3) is 0 Å². The average Bonchev–Trinajstić information content (AvgIpc) is 1.84. The summed E-state index contributed by atoms with van der Waals surface area (Å²) in [6.45, 7) is 0. The van der Waals surface area contributed by atoms with Crippen LogP contribution in [-0.2, 0) is 10.0 Å². The molecule has 0 aliphatic heterocycles. The van der Waals surface area contributed by atoms with Crippen molar-refractivity contribution < 1.29 is 84.2 Å². The molecule has 0 spiro atoms. The minimum Gasteiger partial charge on any atom is -0.546 e. The van der Waals surface area contributed by atoms with Gasteiger partial charge in [0.2, 0.25) is 6.43 Å². The minimum atomic E-state index is -5.08. The first-order valence-corrected chi connectivity index (χ1v) is 4.18.